The first-order valence-corrected chi connectivity index (χ1v) is 6.82. The van der Waals surface area contributed by atoms with Crippen LogP contribution >= 0.6 is 0 Å². The smallest absolute Gasteiger partial charge is 0.143 e. The SMILES string of the molecule is CNCc1cn(C)c2ncnc(C3CCOCC3)c12. The number of rotatable bonds is 3. The van der Waals surface area contributed by atoms with Gasteiger partial charge in [0.25, 0.3) is 0 Å². The predicted octanol–water partition coefficient (Wildman–Crippen LogP) is 1.58. The van der Waals surface area contributed by atoms with Crippen LogP contribution in [0, 0.1) is 0 Å². The summed E-state index contributed by atoms with van der Waals surface area (Å²) in [5.74, 6) is 0.497. The van der Waals surface area contributed by atoms with E-state index in [0.717, 1.165) is 38.2 Å². The molecule has 0 bridgehead atoms. The summed E-state index contributed by atoms with van der Waals surface area (Å²) in [5.41, 5.74) is 3.50. The fraction of sp³-hybridized carbons (Fsp3) is 0.571. The summed E-state index contributed by atoms with van der Waals surface area (Å²) >= 11 is 0. The van der Waals surface area contributed by atoms with Crippen LogP contribution in [0.3, 0.4) is 0 Å². The van der Waals surface area contributed by atoms with Gasteiger partial charge in [0.05, 0.1) is 5.69 Å². The van der Waals surface area contributed by atoms with Gasteiger partial charge in [0.1, 0.15) is 12.0 Å². The molecule has 102 valence electrons. The van der Waals surface area contributed by atoms with E-state index < -0.39 is 0 Å². The van der Waals surface area contributed by atoms with Crippen molar-refractivity contribution >= 4 is 11.0 Å². The van der Waals surface area contributed by atoms with Crippen LogP contribution in [0.5, 0.6) is 0 Å². The first-order chi connectivity index (χ1) is 9.31. The first kappa shape index (κ1) is 12.6. The zero-order chi connectivity index (χ0) is 13.2. The molecule has 1 fully saturated rings. The molecule has 1 aliphatic rings. The molecule has 1 saturated heterocycles. The van der Waals surface area contributed by atoms with E-state index in [1.807, 2.05) is 14.1 Å². The zero-order valence-corrected chi connectivity index (χ0v) is 11.5. The van der Waals surface area contributed by atoms with Crippen molar-refractivity contribution in [3.8, 4) is 0 Å². The van der Waals surface area contributed by atoms with Gasteiger partial charge in [-0.05, 0) is 25.5 Å². The van der Waals surface area contributed by atoms with Crippen LogP contribution in [-0.2, 0) is 18.3 Å². The molecular weight excluding hydrogens is 240 g/mol. The van der Waals surface area contributed by atoms with Gasteiger partial charge in [0.15, 0.2) is 0 Å². The van der Waals surface area contributed by atoms with E-state index in [1.54, 1.807) is 6.33 Å². The summed E-state index contributed by atoms with van der Waals surface area (Å²) in [6.45, 7) is 2.52. The summed E-state index contributed by atoms with van der Waals surface area (Å²) in [5, 5.41) is 4.45. The molecule has 5 nitrogen and oxygen atoms in total. The molecule has 2 aromatic heterocycles. The van der Waals surface area contributed by atoms with Crippen LogP contribution < -0.4 is 5.32 Å². The van der Waals surface area contributed by atoms with Crippen molar-refractivity contribution in [3.63, 3.8) is 0 Å². The Hall–Kier alpha value is -1.46. The van der Waals surface area contributed by atoms with E-state index >= 15 is 0 Å². The van der Waals surface area contributed by atoms with E-state index in [0.29, 0.717) is 5.92 Å². The molecule has 3 rings (SSSR count). The van der Waals surface area contributed by atoms with Crippen LogP contribution in [0.15, 0.2) is 12.5 Å². The highest BCUT2D eigenvalue weighted by Gasteiger charge is 2.22. The number of hydrogen-bond acceptors (Lipinski definition) is 4. The third-order valence-electron chi connectivity index (χ3n) is 3.84. The average molecular weight is 260 g/mol. The number of ether oxygens (including phenoxy) is 1. The molecule has 0 saturated carbocycles. The fourth-order valence-electron chi connectivity index (χ4n) is 2.93. The van der Waals surface area contributed by atoms with Crippen LogP contribution in [0.4, 0.5) is 0 Å². The highest BCUT2D eigenvalue weighted by atomic mass is 16.5. The second kappa shape index (κ2) is 5.27. The lowest BCUT2D eigenvalue weighted by atomic mass is 9.93. The van der Waals surface area contributed by atoms with E-state index in [9.17, 15) is 0 Å². The Morgan fingerprint density at radius 2 is 2.16 bits per heavy atom. The molecule has 2 aromatic rings. The molecule has 1 N–H and O–H groups in total. The lowest BCUT2D eigenvalue weighted by Gasteiger charge is -2.22. The van der Waals surface area contributed by atoms with Gasteiger partial charge in [-0.25, -0.2) is 9.97 Å². The van der Waals surface area contributed by atoms with Crippen molar-refractivity contribution in [3.05, 3.63) is 23.8 Å². The Morgan fingerprint density at radius 3 is 2.89 bits per heavy atom. The van der Waals surface area contributed by atoms with Crippen LogP contribution in [0.2, 0.25) is 0 Å². The largest absolute Gasteiger partial charge is 0.381 e. The molecule has 0 spiro atoms. The molecule has 0 unspecified atom stereocenters. The van der Waals surface area contributed by atoms with Crippen molar-refractivity contribution in [2.45, 2.75) is 25.3 Å². The summed E-state index contributed by atoms with van der Waals surface area (Å²) in [6.07, 6.45) is 5.95. The van der Waals surface area contributed by atoms with Crippen molar-refractivity contribution in [2.24, 2.45) is 7.05 Å². The number of nitrogens with zero attached hydrogens (tertiary/aromatic N) is 3. The predicted molar refractivity (Wildman–Crippen MR) is 74.1 cm³/mol. The molecule has 3 heterocycles. The Balaban J connectivity index is 2.12. The number of aromatic nitrogens is 3. The fourth-order valence-corrected chi connectivity index (χ4v) is 2.93. The van der Waals surface area contributed by atoms with E-state index in [-0.39, 0.29) is 0 Å². The van der Waals surface area contributed by atoms with Crippen LogP contribution in [-0.4, -0.2) is 34.8 Å². The quantitative estimate of drug-likeness (QED) is 0.910. The minimum absolute atomic E-state index is 0.497. The molecule has 0 aromatic carbocycles. The average Bonchev–Trinajstić information content (AvgIpc) is 2.77. The van der Waals surface area contributed by atoms with Gasteiger partial charge in [-0.2, -0.15) is 0 Å². The standard InChI is InChI=1S/C14H20N4O/c1-15-7-11-8-18(2)14-12(11)13(16-9-17-14)10-3-5-19-6-4-10/h8-10,15H,3-7H2,1-2H3. The van der Waals surface area contributed by atoms with Crippen molar-refractivity contribution < 1.29 is 4.74 Å². The molecule has 0 atom stereocenters. The molecule has 19 heavy (non-hydrogen) atoms. The number of aryl methyl sites for hydroxylation is 1. The maximum atomic E-state index is 5.46. The molecule has 5 heteroatoms. The molecule has 0 amide bonds. The van der Waals surface area contributed by atoms with Gasteiger partial charge in [-0.15, -0.1) is 0 Å². The minimum atomic E-state index is 0.497. The summed E-state index contributed by atoms with van der Waals surface area (Å²) in [4.78, 5) is 9.01. The molecular formula is C14H20N4O. The van der Waals surface area contributed by atoms with Crippen molar-refractivity contribution in [2.75, 3.05) is 20.3 Å². The van der Waals surface area contributed by atoms with Crippen molar-refractivity contribution in [1.29, 1.82) is 0 Å². The zero-order valence-electron chi connectivity index (χ0n) is 11.5. The third kappa shape index (κ3) is 2.24. The van der Waals surface area contributed by atoms with Gasteiger partial charge < -0.3 is 14.6 Å². The third-order valence-corrected chi connectivity index (χ3v) is 3.84. The topological polar surface area (TPSA) is 52.0 Å². The van der Waals surface area contributed by atoms with Crippen LogP contribution in [0.1, 0.15) is 30.0 Å². The Labute approximate surface area is 113 Å². The van der Waals surface area contributed by atoms with Crippen LogP contribution in [0.25, 0.3) is 11.0 Å². The number of nitrogens with one attached hydrogen (secondary N) is 1. The summed E-state index contributed by atoms with van der Waals surface area (Å²) in [6, 6.07) is 0. The maximum Gasteiger partial charge on any atom is 0.143 e. The Kier molecular flexibility index (Phi) is 3.48. The highest BCUT2D eigenvalue weighted by molar-refractivity contribution is 5.83. The number of hydrogen-bond donors (Lipinski definition) is 1. The van der Waals surface area contributed by atoms with Gasteiger partial charge in [-0.3, -0.25) is 0 Å². The lowest BCUT2D eigenvalue weighted by molar-refractivity contribution is 0.0848. The molecule has 1 aliphatic heterocycles. The van der Waals surface area contributed by atoms with Gasteiger partial charge >= 0.3 is 0 Å². The molecule has 0 aliphatic carbocycles. The van der Waals surface area contributed by atoms with Crippen molar-refractivity contribution in [1.82, 2.24) is 19.9 Å². The summed E-state index contributed by atoms with van der Waals surface area (Å²) < 4.78 is 7.55. The van der Waals surface area contributed by atoms with Gasteiger partial charge in [0.2, 0.25) is 0 Å². The Morgan fingerprint density at radius 1 is 1.37 bits per heavy atom. The van der Waals surface area contributed by atoms with E-state index in [2.05, 4.69) is 26.0 Å². The van der Waals surface area contributed by atoms with Gasteiger partial charge in [0, 0.05) is 44.3 Å². The Bertz CT molecular complexity index is 572. The number of fused-ring (bicyclic) bond motifs is 1. The normalized spacial score (nSPS) is 17.2. The first-order valence-electron chi connectivity index (χ1n) is 6.82. The van der Waals surface area contributed by atoms with E-state index in [1.165, 1.54) is 16.6 Å². The second-order valence-corrected chi connectivity index (χ2v) is 5.14. The minimum Gasteiger partial charge on any atom is -0.381 e. The second-order valence-electron chi connectivity index (χ2n) is 5.14. The van der Waals surface area contributed by atoms with E-state index in [4.69, 9.17) is 4.74 Å². The van der Waals surface area contributed by atoms with Gasteiger partial charge in [-0.1, -0.05) is 0 Å². The lowest BCUT2D eigenvalue weighted by Crippen LogP contribution is -2.16. The molecule has 0 radical (unpaired) electrons. The summed E-state index contributed by atoms with van der Waals surface area (Å²) in [7, 11) is 4.01. The maximum absolute atomic E-state index is 5.46. The monoisotopic (exact) mass is 260 g/mol. The highest BCUT2D eigenvalue weighted by Crippen LogP contribution is 2.32.